The van der Waals surface area contributed by atoms with Crippen LogP contribution in [-0.2, 0) is 4.79 Å². The standard InChI is InChI=1S/C16H10ClN3O2/c17-10-5-7-11(8-6-10)19-15(21)12(9-18)16-20-13-3-1-2-4-14(13)22-16/h1-8,20H,(H,19,21)/b16-12-. The molecule has 2 N–H and O–H groups in total. The Morgan fingerprint density at radius 2 is 1.91 bits per heavy atom. The van der Waals surface area contributed by atoms with E-state index < -0.39 is 5.91 Å². The number of para-hydroxylation sites is 2. The van der Waals surface area contributed by atoms with Gasteiger partial charge in [0.1, 0.15) is 6.07 Å². The highest BCUT2D eigenvalue weighted by Gasteiger charge is 2.24. The second kappa shape index (κ2) is 5.80. The first kappa shape index (κ1) is 14.0. The first-order valence-electron chi connectivity index (χ1n) is 6.42. The summed E-state index contributed by atoms with van der Waals surface area (Å²) in [6, 6.07) is 15.7. The molecule has 0 saturated heterocycles. The van der Waals surface area contributed by atoms with E-state index in [-0.39, 0.29) is 11.5 Å². The smallest absolute Gasteiger partial charge is 0.271 e. The first-order valence-corrected chi connectivity index (χ1v) is 6.80. The Morgan fingerprint density at radius 1 is 1.18 bits per heavy atom. The van der Waals surface area contributed by atoms with Gasteiger partial charge in [0, 0.05) is 10.7 Å². The number of amides is 1. The summed E-state index contributed by atoms with van der Waals surface area (Å²) in [4.78, 5) is 12.2. The number of rotatable bonds is 2. The van der Waals surface area contributed by atoms with E-state index in [4.69, 9.17) is 16.3 Å². The summed E-state index contributed by atoms with van der Waals surface area (Å²) in [5.74, 6) is 0.139. The van der Waals surface area contributed by atoms with Gasteiger partial charge in [0.15, 0.2) is 11.3 Å². The molecule has 22 heavy (non-hydrogen) atoms. The maximum Gasteiger partial charge on any atom is 0.271 e. The average Bonchev–Trinajstić information content (AvgIpc) is 2.94. The zero-order chi connectivity index (χ0) is 15.5. The molecule has 0 aliphatic carbocycles. The van der Waals surface area contributed by atoms with Gasteiger partial charge in [0.05, 0.1) is 5.69 Å². The van der Waals surface area contributed by atoms with Crippen molar-refractivity contribution < 1.29 is 9.53 Å². The fourth-order valence-corrected chi connectivity index (χ4v) is 2.09. The van der Waals surface area contributed by atoms with E-state index in [0.29, 0.717) is 22.1 Å². The minimum atomic E-state index is -0.555. The molecule has 108 valence electrons. The number of anilines is 2. The Hall–Kier alpha value is -2.97. The summed E-state index contributed by atoms with van der Waals surface area (Å²) in [7, 11) is 0. The molecule has 1 amide bonds. The first-order chi connectivity index (χ1) is 10.7. The van der Waals surface area contributed by atoms with Gasteiger partial charge in [-0.15, -0.1) is 0 Å². The highest BCUT2D eigenvalue weighted by molar-refractivity contribution is 6.30. The van der Waals surface area contributed by atoms with Gasteiger partial charge in [0.2, 0.25) is 5.88 Å². The molecular formula is C16H10ClN3O2. The molecule has 0 fully saturated rings. The van der Waals surface area contributed by atoms with Crippen molar-refractivity contribution >= 4 is 28.9 Å². The number of benzene rings is 2. The van der Waals surface area contributed by atoms with Crippen LogP contribution in [-0.4, -0.2) is 5.91 Å². The van der Waals surface area contributed by atoms with Crippen LogP contribution in [0.5, 0.6) is 5.75 Å². The molecule has 1 heterocycles. The van der Waals surface area contributed by atoms with Crippen LogP contribution in [0.1, 0.15) is 0 Å². The minimum Gasteiger partial charge on any atom is -0.437 e. The van der Waals surface area contributed by atoms with Crippen LogP contribution in [0.15, 0.2) is 60.0 Å². The highest BCUT2D eigenvalue weighted by Crippen LogP contribution is 2.33. The molecule has 0 saturated carbocycles. The Bertz CT molecular complexity index is 780. The zero-order valence-corrected chi connectivity index (χ0v) is 12.0. The summed E-state index contributed by atoms with van der Waals surface area (Å²) in [6.45, 7) is 0. The molecule has 0 bridgehead atoms. The molecule has 1 aliphatic rings. The number of ether oxygens (including phenoxy) is 1. The van der Waals surface area contributed by atoms with Crippen molar-refractivity contribution in [2.75, 3.05) is 10.6 Å². The number of halogens is 1. The fourth-order valence-electron chi connectivity index (χ4n) is 1.96. The third-order valence-electron chi connectivity index (χ3n) is 3.02. The molecule has 2 aromatic carbocycles. The summed E-state index contributed by atoms with van der Waals surface area (Å²) < 4.78 is 5.50. The van der Waals surface area contributed by atoms with Crippen LogP contribution in [0.3, 0.4) is 0 Å². The van der Waals surface area contributed by atoms with E-state index in [9.17, 15) is 10.1 Å². The van der Waals surface area contributed by atoms with Crippen LogP contribution >= 0.6 is 11.6 Å². The summed E-state index contributed by atoms with van der Waals surface area (Å²) in [5, 5.41) is 15.4. The van der Waals surface area contributed by atoms with E-state index in [2.05, 4.69) is 10.6 Å². The van der Waals surface area contributed by atoms with Gasteiger partial charge in [-0.1, -0.05) is 23.7 Å². The van der Waals surface area contributed by atoms with Crippen molar-refractivity contribution in [3.63, 3.8) is 0 Å². The summed E-state index contributed by atoms with van der Waals surface area (Å²) >= 11 is 5.79. The van der Waals surface area contributed by atoms with Gasteiger partial charge in [0.25, 0.3) is 5.91 Å². The Balaban J connectivity index is 1.83. The monoisotopic (exact) mass is 311 g/mol. The number of nitriles is 1. The lowest BCUT2D eigenvalue weighted by Crippen LogP contribution is -2.18. The largest absolute Gasteiger partial charge is 0.437 e. The zero-order valence-electron chi connectivity index (χ0n) is 11.3. The van der Waals surface area contributed by atoms with Crippen molar-refractivity contribution in [1.82, 2.24) is 0 Å². The molecule has 0 spiro atoms. The van der Waals surface area contributed by atoms with Gasteiger partial charge in [-0.3, -0.25) is 4.79 Å². The van der Waals surface area contributed by atoms with Gasteiger partial charge < -0.3 is 15.4 Å². The van der Waals surface area contributed by atoms with Crippen LogP contribution in [0.2, 0.25) is 5.02 Å². The molecule has 0 atom stereocenters. The Labute approximate surface area is 131 Å². The number of nitrogens with zero attached hydrogens (tertiary/aromatic N) is 1. The van der Waals surface area contributed by atoms with E-state index >= 15 is 0 Å². The second-order valence-corrected chi connectivity index (χ2v) is 4.94. The fraction of sp³-hybridized carbons (Fsp3) is 0. The van der Waals surface area contributed by atoms with E-state index in [0.717, 1.165) is 0 Å². The molecule has 0 unspecified atom stereocenters. The molecule has 3 rings (SSSR count). The molecule has 6 heteroatoms. The van der Waals surface area contributed by atoms with E-state index in [1.165, 1.54) is 0 Å². The van der Waals surface area contributed by atoms with Crippen molar-refractivity contribution in [3.8, 4) is 11.8 Å². The van der Waals surface area contributed by atoms with Crippen LogP contribution < -0.4 is 15.4 Å². The van der Waals surface area contributed by atoms with Gasteiger partial charge in [-0.2, -0.15) is 5.26 Å². The van der Waals surface area contributed by atoms with Crippen molar-refractivity contribution in [2.45, 2.75) is 0 Å². The number of carbonyl (C=O) groups is 1. The van der Waals surface area contributed by atoms with Crippen molar-refractivity contribution in [3.05, 3.63) is 65.0 Å². The minimum absolute atomic E-state index is 0.121. The lowest BCUT2D eigenvalue weighted by Gasteiger charge is -2.06. The molecule has 0 aromatic heterocycles. The molecule has 5 nitrogen and oxygen atoms in total. The van der Waals surface area contributed by atoms with Crippen LogP contribution in [0.4, 0.5) is 11.4 Å². The van der Waals surface area contributed by atoms with Crippen molar-refractivity contribution in [1.29, 1.82) is 5.26 Å². The molecular weight excluding hydrogens is 302 g/mol. The number of nitrogens with one attached hydrogen (secondary N) is 2. The third kappa shape index (κ3) is 2.73. The number of hydrogen-bond acceptors (Lipinski definition) is 4. The number of hydrogen-bond donors (Lipinski definition) is 2. The van der Waals surface area contributed by atoms with Crippen LogP contribution in [0, 0.1) is 11.3 Å². The van der Waals surface area contributed by atoms with Crippen molar-refractivity contribution in [2.24, 2.45) is 0 Å². The highest BCUT2D eigenvalue weighted by atomic mass is 35.5. The normalized spacial score (nSPS) is 14.2. The number of carbonyl (C=O) groups excluding carboxylic acids is 1. The lowest BCUT2D eigenvalue weighted by molar-refractivity contribution is -0.112. The van der Waals surface area contributed by atoms with E-state index in [1.807, 2.05) is 18.2 Å². The Morgan fingerprint density at radius 3 is 2.59 bits per heavy atom. The Kier molecular flexibility index (Phi) is 3.69. The van der Waals surface area contributed by atoms with Gasteiger partial charge in [-0.25, -0.2) is 0 Å². The second-order valence-electron chi connectivity index (χ2n) is 4.50. The molecule has 0 radical (unpaired) electrons. The summed E-state index contributed by atoms with van der Waals surface area (Å²) in [5.41, 5.74) is 1.12. The SMILES string of the molecule is N#C/C(C(=O)Nc1ccc(Cl)cc1)=C1\Nc2ccccc2O1. The van der Waals surface area contributed by atoms with Crippen LogP contribution in [0.25, 0.3) is 0 Å². The maximum absolute atomic E-state index is 12.2. The average molecular weight is 312 g/mol. The number of fused-ring (bicyclic) bond motifs is 1. The predicted molar refractivity (Wildman–Crippen MR) is 83.4 cm³/mol. The quantitative estimate of drug-likeness (QED) is 0.657. The molecule has 1 aliphatic heterocycles. The topological polar surface area (TPSA) is 74.2 Å². The maximum atomic E-state index is 12.2. The van der Waals surface area contributed by atoms with Gasteiger partial charge in [-0.05, 0) is 36.4 Å². The third-order valence-corrected chi connectivity index (χ3v) is 3.27. The lowest BCUT2D eigenvalue weighted by atomic mass is 10.2. The summed E-state index contributed by atoms with van der Waals surface area (Å²) in [6.07, 6.45) is 0. The predicted octanol–water partition coefficient (Wildman–Crippen LogP) is 3.52. The van der Waals surface area contributed by atoms with E-state index in [1.54, 1.807) is 36.4 Å². The van der Waals surface area contributed by atoms with Gasteiger partial charge >= 0.3 is 0 Å². The molecule has 2 aromatic rings.